The Hall–Kier alpha value is -1.29. The zero-order chi connectivity index (χ0) is 15.6. The van der Waals surface area contributed by atoms with Crippen molar-refractivity contribution >= 4 is 23.2 Å². The third-order valence-corrected chi connectivity index (χ3v) is 4.01. The van der Waals surface area contributed by atoms with Gasteiger partial charge in [-0.25, -0.2) is 4.39 Å². The first-order chi connectivity index (χ1) is 9.85. The van der Waals surface area contributed by atoms with E-state index in [1.54, 1.807) is 24.3 Å². The van der Waals surface area contributed by atoms with Crippen molar-refractivity contribution in [3.05, 3.63) is 63.4 Å². The number of aliphatic hydroxyl groups is 1. The first-order valence-electron chi connectivity index (χ1n) is 6.34. The van der Waals surface area contributed by atoms with E-state index in [1.165, 1.54) is 26.2 Å². The second-order valence-corrected chi connectivity index (χ2v) is 5.83. The summed E-state index contributed by atoms with van der Waals surface area (Å²) in [4.78, 5) is 0. The molecule has 2 nitrogen and oxygen atoms in total. The Bertz CT molecular complexity index is 657. The highest BCUT2D eigenvalue weighted by Gasteiger charge is 2.30. The Kier molecular flexibility index (Phi) is 4.77. The molecule has 5 heteroatoms. The van der Waals surface area contributed by atoms with Crippen LogP contribution in [0, 0.1) is 5.82 Å². The molecule has 0 saturated heterocycles. The highest BCUT2D eigenvalue weighted by atomic mass is 35.5. The minimum atomic E-state index is -1.44. The first-order valence-corrected chi connectivity index (χ1v) is 7.10. The van der Waals surface area contributed by atoms with Gasteiger partial charge in [-0.2, -0.15) is 0 Å². The van der Waals surface area contributed by atoms with Crippen LogP contribution in [0.25, 0.3) is 0 Å². The minimum Gasteiger partial charge on any atom is -0.496 e. The molecule has 0 fully saturated rings. The van der Waals surface area contributed by atoms with Crippen molar-refractivity contribution in [2.24, 2.45) is 0 Å². The molecule has 0 spiro atoms. The van der Waals surface area contributed by atoms with Crippen LogP contribution in [-0.2, 0) is 12.0 Å². The van der Waals surface area contributed by atoms with E-state index in [0.29, 0.717) is 15.8 Å². The monoisotopic (exact) mass is 328 g/mol. The molecule has 0 heterocycles. The smallest absolute Gasteiger partial charge is 0.133 e. The van der Waals surface area contributed by atoms with Crippen LogP contribution in [0.15, 0.2) is 36.4 Å². The Morgan fingerprint density at radius 3 is 2.52 bits per heavy atom. The van der Waals surface area contributed by atoms with Crippen molar-refractivity contribution in [2.45, 2.75) is 18.9 Å². The van der Waals surface area contributed by atoms with Crippen molar-refractivity contribution in [3.8, 4) is 5.75 Å². The number of ether oxygens (including phenoxy) is 1. The van der Waals surface area contributed by atoms with Crippen LogP contribution < -0.4 is 4.74 Å². The summed E-state index contributed by atoms with van der Waals surface area (Å²) in [7, 11) is 1.44. The zero-order valence-corrected chi connectivity index (χ0v) is 13.2. The maximum Gasteiger partial charge on any atom is 0.133 e. The molecular formula is C16H15Cl2FO2. The molecule has 0 aliphatic carbocycles. The lowest BCUT2D eigenvalue weighted by Crippen LogP contribution is -2.26. The fraction of sp³-hybridized carbons (Fsp3) is 0.250. The van der Waals surface area contributed by atoms with Gasteiger partial charge in [-0.05, 0) is 36.8 Å². The molecule has 0 bridgehead atoms. The predicted molar refractivity (Wildman–Crippen MR) is 82.7 cm³/mol. The van der Waals surface area contributed by atoms with Crippen molar-refractivity contribution < 1.29 is 14.2 Å². The van der Waals surface area contributed by atoms with E-state index >= 15 is 0 Å². The summed E-state index contributed by atoms with van der Waals surface area (Å²) in [5.74, 6) is -0.209. The van der Waals surface area contributed by atoms with E-state index in [4.69, 9.17) is 27.9 Å². The Morgan fingerprint density at radius 1 is 1.19 bits per heavy atom. The lowest BCUT2D eigenvalue weighted by atomic mass is 9.88. The Balaban J connectivity index is 2.40. The van der Waals surface area contributed by atoms with Gasteiger partial charge in [0.2, 0.25) is 0 Å². The Labute approximate surface area is 133 Å². The minimum absolute atomic E-state index is 0.124. The molecule has 112 valence electrons. The van der Waals surface area contributed by atoms with Crippen LogP contribution in [0.1, 0.15) is 18.1 Å². The van der Waals surface area contributed by atoms with Crippen molar-refractivity contribution in [1.82, 2.24) is 0 Å². The standard InChI is InChI=1S/C16H15Cl2FO2/c1-16(20,9-10-6-7-11(17)12(18)8-10)15-13(19)4-3-5-14(15)21-2/h3-8,20H,9H2,1-2H3. The van der Waals surface area contributed by atoms with Gasteiger partial charge in [-0.3, -0.25) is 0 Å². The average Bonchev–Trinajstić information content (AvgIpc) is 2.42. The highest BCUT2D eigenvalue weighted by molar-refractivity contribution is 6.42. The molecule has 0 saturated carbocycles. The van der Waals surface area contributed by atoms with Crippen LogP contribution in [0.3, 0.4) is 0 Å². The van der Waals surface area contributed by atoms with E-state index in [9.17, 15) is 9.50 Å². The largest absolute Gasteiger partial charge is 0.496 e. The van der Waals surface area contributed by atoms with Crippen LogP contribution in [0.2, 0.25) is 10.0 Å². The van der Waals surface area contributed by atoms with Crippen molar-refractivity contribution in [1.29, 1.82) is 0 Å². The number of benzene rings is 2. The van der Waals surface area contributed by atoms with Crippen molar-refractivity contribution in [2.75, 3.05) is 7.11 Å². The van der Waals surface area contributed by atoms with Gasteiger partial charge in [0.1, 0.15) is 11.6 Å². The predicted octanol–water partition coefficient (Wildman–Crippen LogP) is 4.59. The summed E-state index contributed by atoms with van der Waals surface area (Å²) in [5.41, 5.74) is -0.563. The number of hydrogen-bond donors (Lipinski definition) is 1. The van der Waals surface area contributed by atoms with E-state index in [-0.39, 0.29) is 12.0 Å². The maximum atomic E-state index is 14.1. The van der Waals surface area contributed by atoms with E-state index in [0.717, 1.165) is 5.56 Å². The lowest BCUT2D eigenvalue weighted by molar-refractivity contribution is 0.0510. The molecule has 2 rings (SSSR count). The topological polar surface area (TPSA) is 29.5 Å². The normalized spacial score (nSPS) is 13.8. The summed E-state index contributed by atoms with van der Waals surface area (Å²) >= 11 is 11.8. The molecule has 1 atom stereocenters. The van der Waals surface area contributed by atoms with Gasteiger partial charge >= 0.3 is 0 Å². The van der Waals surface area contributed by atoms with E-state index in [2.05, 4.69) is 0 Å². The molecule has 2 aromatic rings. The third-order valence-electron chi connectivity index (χ3n) is 3.27. The lowest BCUT2D eigenvalue weighted by Gasteiger charge is -2.26. The fourth-order valence-electron chi connectivity index (χ4n) is 2.33. The van der Waals surface area contributed by atoms with Gasteiger partial charge in [0.25, 0.3) is 0 Å². The average molecular weight is 329 g/mol. The zero-order valence-electron chi connectivity index (χ0n) is 11.7. The van der Waals surface area contributed by atoms with Crippen LogP contribution in [0.5, 0.6) is 5.75 Å². The fourth-order valence-corrected chi connectivity index (χ4v) is 2.65. The molecule has 0 aliphatic heterocycles. The molecule has 0 amide bonds. The van der Waals surface area contributed by atoms with Gasteiger partial charge < -0.3 is 9.84 Å². The molecule has 0 aromatic heterocycles. The molecule has 1 N–H and O–H groups in total. The summed E-state index contributed by atoms with van der Waals surface area (Å²) in [6, 6.07) is 9.49. The third kappa shape index (κ3) is 3.49. The molecule has 1 unspecified atom stereocenters. The summed E-state index contributed by atoms with van der Waals surface area (Å²) in [5, 5.41) is 11.5. The SMILES string of the molecule is COc1cccc(F)c1C(C)(O)Cc1ccc(Cl)c(Cl)c1. The van der Waals surface area contributed by atoms with Gasteiger partial charge in [0.05, 0.1) is 28.3 Å². The summed E-state index contributed by atoms with van der Waals surface area (Å²) in [6.07, 6.45) is 0.182. The Morgan fingerprint density at radius 2 is 1.90 bits per heavy atom. The van der Waals surface area contributed by atoms with Gasteiger partial charge in [0, 0.05) is 6.42 Å². The second-order valence-electron chi connectivity index (χ2n) is 5.02. The summed E-state index contributed by atoms with van der Waals surface area (Å²) in [6.45, 7) is 1.54. The number of rotatable bonds is 4. The quantitative estimate of drug-likeness (QED) is 0.889. The molecule has 0 radical (unpaired) electrons. The van der Waals surface area contributed by atoms with E-state index in [1.807, 2.05) is 0 Å². The number of halogens is 3. The molecule has 2 aromatic carbocycles. The van der Waals surface area contributed by atoms with Crippen LogP contribution >= 0.6 is 23.2 Å². The van der Waals surface area contributed by atoms with Crippen LogP contribution in [0.4, 0.5) is 4.39 Å². The maximum absolute atomic E-state index is 14.1. The van der Waals surface area contributed by atoms with E-state index < -0.39 is 11.4 Å². The van der Waals surface area contributed by atoms with Crippen molar-refractivity contribution in [3.63, 3.8) is 0 Å². The number of hydrogen-bond acceptors (Lipinski definition) is 2. The van der Waals surface area contributed by atoms with Gasteiger partial charge in [-0.1, -0.05) is 35.3 Å². The number of methoxy groups -OCH3 is 1. The van der Waals surface area contributed by atoms with Gasteiger partial charge in [-0.15, -0.1) is 0 Å². The molecule has 0 aliphatic rings. The van der Waals surface area contributed by atoms with Gasteiger partial charge in [0.15, 0.2) is 0 Å². The highest BCUT2D eigenvalue weighted by Crippen LogP contribution is 2.35. The first kappa shape index (κ1) is 16.1. The molecular weight excluding hydrogens is 314 g/mol. The molecule has 21 heavy (non-hydrogen) atoms. The summed E-state index contributed by atoms with van der Waals surface area (Å²) < 4.78 is 19.2. The second kappa shape index (κ2) is 6.22. The van der Waals surface area contributed by atoms with Crippen LogP contribution in [-0.4, -0.2) is 12.2 Å².